The SMILES string of the molecule is Cc1c(C(=O)c2ccccc2)c(=O)c2cc([N+](=O)[O-])ccc2n1-c1ccccc1. The lowest BCUT2D eigenvalue weighted by Crippen LogP contribution is -2.23. The predicted molar refractivity (Wildman–Crippen MR) is 111 cm³/mol. The fourth-order valence-corrected chi connectivity index (χ4v) is 3.52. The van der Waals surface area contributed by atoms with Gasteiger partial charge in [0.25, 0.3) is 5.69 Å². The molecule has 6 heteroatoms. The molecule has 1 aromatic heterocycles. The summed E-state index contributed by atoms with van der Waals surface area (Å²) < 4.78 is 1.79. The Balaban J connectivity index is 2.12. The number of non-ortho nitro benzene ring substituents is 1. The van der Waals surface area contributed by atoms with Crippen molar-refractivity contribution < 1.29 is 9.72 Å². The molecule has 0 amide bonds. The topological polar surface area (TPSA) is 82.2 Å². The minimum absolute atomic E-state index is 0.00745. The Labute approximate surface area is 165 Å². The summed E-state index contributed by atoms with van der Waals surface area (Å²) in [7, 11) is 0. The highest BCUT2D eigenvalue weighted by atomic mass is 16.6. The van der Waals surface area contributed by atoms with Gasteiger partial charge in [0, 0.05) is 29.1 Å². The number of ketones is 1. The highest BCUT2D eigenvalue weighted by Gasteiger charge is 2.23. The Hall–Kier alpha value is -4.06. The van der Waals surface area contributed by atoms with Crippen LogP contribution in [-0.2, 0) is 0 Å². The van der Waals surface area contributed by atoms with E-state index in [9.17, 15) is 19.7 Å². The van der Waals surface area contributed by atoms with E-state index >= 15 is 0 Å². The number of pyridine rings is 1. The van der Waals surface area contributed by atoms with E-state index in [1.165, 1.54) is 12.1 Å². The van der Waals surface area contributed by atoms with Crippen LogP contribution in [0.1, 0.15) is 21.6 Å². The van der Waals surface area contributed by atoms with Crippen LogP contribution in [-0.4, -0.2) is 15.3 Å². The third-order valence-electron chi connectivity index (χ3n) is 4.88. The molecule has 0 aliphatic heterocycles. The van der Waals surface area contributed by atoms with Crippen LogP contribution in [0, 0.1) is 17.0 Å². The average Bonchev–Trinajstić information content (AvgIpc) is 2.75. The number of rotatable bonds is 4. The summed E-state index contributed by atoms with van der Waals surface area (Å²) in [4.78, 5) is 37.1. The van der Waals surface area contributed by atoms with Crippen molar-refractivity contribution in [3.63, 3.8) is 0 Å². The number of nitrogens with zero attached hydrogens (tertiary/aromatic N) is 2. The van der Waals surface area contributed by atoms with Crippen molar-refractivity contribution >= 4 is 22.4 Å². The molecular weight excluding hydrogens is 368 g/mol. The quantitative estimate of drug-likeness (QED) is 0.296. The third-order valence-corrected chi connectivity index (χ3v) is 4.88. The number of fused-ring (bicyclic) bond motifs is 1. The number of benzene rings is 3. The Bertz CT molecular complexity index is 1310. The van der Waals surface area contributed by atoms with Gasteiger partial charge in [0.1, 0.15) is 0 Å². The highest BCUT2D eigenvalue weighted by molar-refractivity contribution is 6.11. The zero-order valence-electron chi connectivity index (χ0n) is 15.5. The zero-order chi connectivity index (χ0) is 20.5. The molecule has 142 valence electrons. The zero-order valence-corrected chi connectivity index (χ0v) is 15.5. The van der Waals surface area contributed by atoms with Gasteiger partial charge in [-0.25, -0.2) is 0 Å². The first-order valence-corrected chi connectivity index (χ1v) is 8.98. The average molecular weight is 384 g/mol. The molecule has 0 fully saturated rings. The normalized spacial score (nSPS) is 10.8. The predicted octanol–water partition coefficient (Wildman–Crippen LogP) is 4.44. The fraction of sp³-hybridized carbons (Fsp3) is 0.0435. The van der Waals surface area contributed by atoms with Crippen LogP contribution in [0.3, 0.4) is 0 Å². The second-order valence-corrected chi connectivity index (χ2v) is 6.61. The number of aromatic nitrogens is 1. The van der Waals surface area contributed by atoms with E-state index in [2.05, 4.69) is 0 Å². The van der Waals surface area contributed by atoms with Gasteiger partial charge in [0.2, 0.25) is 5.43 Å². The Morgan fingerprint density at radius 3 is 2.17 bits per heavy atom. The van der Waals surface area contributed by atoms with Gasteiger partial charge >= 0.3 is 0 Å². The lowest BCUT2D eigenvalue weighted by Gasteiger charge is -2.18. The molecule has 29 heavy (non-hydrogen) atoms. The molecule has 3 aromatic carbocycles. The standard InChI is InChI=1S/C23H16N2O4/c1-15-21(22(26)16-8-4-2-5-9-16)23(27)19-14-18(25(28)29)12-13-20(19)24(15)17-10-6-3-7-11-17/h2-14H,1H3. The summed E-state index contributed by atoms with van der Waals surface area (Å²) in [6, 6.07) is 21.9. The van der Waals surface area contributed by atoms with Crippen molar-refractivity contribution in [1.82, 2.24) is 4.57 Å². The minimum atomic E-state index is -0.551. The van der Waals surface area contributed by atoms with Crippen LogP contribution < -0.4 is 5.43 Å². The van der Waals surface area contributed by atoms with Gasteiger partial charge in [-0.2, -0.15) is 0 Å². The molecule has 0 aliphatic rings. The molecule has 0 aliphatic carbocycles. The number of para-hydroxylation sites is 1. The largest absolute Gasteiger partial charge is 0.313 e. The summed E-state index contributed by atoms with van der Waals surface area (Å²) in [5, 5.41) is 11.4. The number of nitro groups is 1. The van der Waals surface area contributed by atoms with Crippen molar-refractivity contribution in [3.8, 4) is 5.69 Å². The van der Waals surface area contributed by atoms with Gasteiger partial charge in [-0.1, -0.05) is 48.5 Å². The van der Waals surface area contributed by atoms with Crippen LogP contribution in [0.4, 0.5) is 5.69 Å². The highest BCUT2D eigenvalue weighted by Crippen LogP contribution is 2.25. The van der Waals surface area contributed by atoms with Crippen molar-refractivity contribution in [1.29, 1.82) is 0 Å². The van der Waals surface area contributed by atoms with Crippen molar-refractivity contribution in [2.75, 3.05) is 0 Å². The van der Waals surface area contributed by atoms with Crippen LogP contribution in [0.15, 0.2) is 83.7 Å². The van der Waals surface area contributed by atoms with E-state index in [0.717, 1.165) is 5.69 Å². The van der Waals surface area contributed by atoms with E-state index in [4.69, 9.17) is 0 Å². The van der Waals surface area contributed by atoms with Gasteiger partial charge in [-0.15, -0.1) is 0 Å². The molecule has 4 rings (SSSR count). The Morgan fingerprint density at radius 2 is 1.55 bits per heavy atom. The summed E-state index contributed by atoms with van der Waals surface area (Å²) >= 11 is 0. The molecule has 0 saturated heterocycles. The maximum Gasteiger partial charge on any atom is 0.270 e. The van der Waals surface area contributed by atoms with Gasteiger partial charge in [-0.05, 0) is 25.1 Å². The maximum atomic E-state index is 13.3. The molecule has 1 heterocycles. The van der Waals surface area contributed by atoms with E-state index in [0.29, 0.717) is 16.8 Å². The number of hydrogen-bond acceptors (Lipinski definition) is 4. The third kappa shape index (κ3) is 3.10. The summed E-state index contributed by atoms with van der Waals surface area (Å²) in [5.41, 5.74) is 1.43. The van der Waals surface area contributed by atoms with Gasteiger partial charge in [0.05, 0.1) is 21.4 Å². The number of hydrogen-bond donors (Lipinski definition) is 0. The number of nitro benzene ring substituents is 1. The summed E-state index contributed by atoms with van der Waals surface area (Å²) in [6.07, 6.45) is 0. The number of carbonyl (C=O) groups is 1. The molecule has 0 atom stereocenters. The minimum Gasteiger partial charge on any atom is -0.313 e. The second kappa shape index (κ2) is 7.16. The first-order valence-electron chi connectivity index (χ1n) is 8.98. The first-order chi connectivity index (χ1) is 14.0. The molecule has 4 aromatic rings. The van der Waals surface area contributed by atoms with Crippen molar-refractivity contribution in [3.05, 3.63) is 116 Å². The molecule has 0 N–H and O–H groups in total. The molecule has 0 spiro atoms. The van der Waals surface area contributed by atoms with Crippen LogP contribution in [0.5, 0.6) is 0 Å². The van der Waals surface area contributed by atoms with E-state index in [1.54, 1.807) is 47.9 Å². The van der Waals surface area contributed by atoms with Crippen LogP contribution >= 0.6 is 0 Å². The molecule has 0 unspecified atom stereocenters. The van der Waals surface area contributed by atoms with Crippen LogP contribution in [0.2, 0.25) is 0 Å². The van der Waals surface area contributed by atoms with Crippen molar-refractivity contribution in [2.24, 2.45) is 0 Å². The van der Waals surface area contributed by atoms with E-state index in [1.807, 2.05) is 30.3 Å². The molecular formula is C23H16N2O4. The molecule has 0 saturated carbocycles. The smallest absolute Gasteiger partial charge is 0.270 e. The Morgan fingerprint density at radius 1 is 0.931 bits per heavy atom. The first kappa shape index (κ1) is 18.3. The van der Waals surface area contributed by atoms with E-state index in [-0.39, 0.29) is 16.6 Å². The molecule has 0 radical (unpaired) electrons. The van der Waals surface area contributed by atoms with Crippen molar-refractivity contribution in [2.45, 2.75) is 6.92 Å². The lowest BCUT2D eigenvalue weighted by molar-refractivity contribution is -0.384. The van der Waals surface area contributed by atoms with Gasteiger partial charge in [0.15, 0.2) is 5.78 Å². The number of carbonyl (C=O) groups excluding carboxylic acids is 1. The fourth-order valence-electron chi connectivity index (χ4n) is 3.52. The summed E-state index contributed by atoms with van der Waals surface area (Å²) in [6.45, 7) is 1.71. The lowest BCUT2D eigenvalue weighted by atomic mass is 9.98. The van der Waals surface area contributed by atoms with Gasteiger partial charge in [-0.3, -0.25) is 19.7 Å². The summed E-state index contributed by atoms with van der Waals surface area (Å²) in [5.74, 6) is -0.411. The molecule has 6 nitrogen and oxygen atoms in total. The van der Waals surface area contributed by atoms with E-state index < -0.39 is 16.1 Å². The Kier molecular flexibility index (Phi) is 4.52. The maximum absolute atomic E-state index is 13.3. The monoisotopic (exact) mass is 384 g/mol. The van der Waals surface area contributed by atoms with Crippen LogP contribution in [0.25, 0.3) is 16.6 Å². The molecule has 0 bridgehead atoms. The second-order valence-electron chi connectivity index (χ2n) is 6.61. The van der Waals surface area contributed by atoms with Gasteiger partial charge < -0.3 is 4.57 Å².